The first-order valence-corrected chi connectivity index (χ1v) is 1.98. The van der Waals surface area contributed by atoms with Crippen LogP contribution in [0.25, 0.3) is 0 Å². The molecule has 0 aliphatic carbocycles. The van der Waals surface area contributed by atoms with Gasteiger partial charge < -0.3 is 0 Å². The minimum atomic E-state index is -0.463. The number of hydrogen-bond donors (Lipinski definition) is 0. The Labute approximate surface area is 41.2 Å². The van der Waals surface area contributed by atoms with Crippen LogP contribution in [-0.2, 0) is 0 Å². The summed E-state index contributed by atoms with van der Waals surface area (Å²) in [6, 6.07) is 0. The molecule has 1 aromatic rings. The zero-order valence-electron chi connectivity index (χ0n) is 2.64. The van der Waals surface area contributed by atoms with Crippen molar-refractivity contribution in [3.8, 4) is 0 Å². The van der Waals surface area contributed by atoms with Gasteiger partial charge in [0.2, 0.25) is 0 Å². The van der Waals surface area contributed by atoms with Crippen molar-refractivity contribution in [2.75, 3.05) is 0 Å². The van der Waals surface area contributed by atoms with E-state index < -0.39 is 11.1 Å². The van der Waals surface area contributed by atoms with E-state index in [4.69, 9.17) is 0 Å². The molecule has 0 amide bonds. The van der Waals surface area contributed by atoms with Gasteiger partial charge in [-0.15, -0.1) is 0 Å². The molecule has 0 atom stereocenters. The summed E-state index contributed by atoms with van der Waals surface area (Å²) < 4.78 is 0.868. The number of nitrogens with zero attached hydrogens (tertiary/aromatic N) is 1. The molecule has 0 radical (unpaired) electrons. The summed E-state index contributed by atoms with van der Waals surface area (Å²) >= 11 is 2.65. The molecule has 1 aromatic heterocycles. The van der Waals surface area contributed by atoms with Crippen LogP contribution in [0.4, 0.5) is 0 Å². The summed E-state index contributed by atoms with van der Waals surface area (Å²) in [4.78, 5) is 19.5. The molecule has 0 fully saturated rings. The first kappa shape index (κ1) is 3.80. The molecule has 0 saturated heterocycles. The smallest absolute Gasteiger partial charge is 0.262 e. The predicted octanol–water partition coefficient (Wildman–Crippen LogP) is -0.758. The molecule has 0 aliphatic rings. The molecular formula is C2BrNO2. The summed E-state index contributed by atoms with van der Waals surface area (Å²) in [5, 5.41) is 0. The van der Waals surface area contributed by atoms with Gasteiger partial charge >= 0.3 is 11.1 Å². The Morgan fingerprint density at radius 3 is 1.50 bits per heavy atom. The molecule has 0 bridgehead atoms. The third-order valence-corrected chi connectivity index (χ3v) is 1.13. The standard InChI is InChI=1S/C2BrNO2/c3-4-1(5)2(4)6. The second kappa shape index (κ2) is 0.815. The summed E-state index contributed by atoms with van der Waals surface area (Å²) in [7, 11) is 0. The second-order valence-electron chi connectivity index (χ2n) is 0.891. The third-order valence-electron chi connectivity index (χ3n) is 0.490. The topological polar surface area (TPSA) is 39.1 Å². The van der Waals surface area contributed by atoms with E-state index in [2.05, 4.69) is 16.1 Å². The van der Waals surface area contributed by atoms with E-state index in [1.165, 1.54) is 0 Å². The lowest BCUT2D eigenvalue weighted by molar-refractivity contribution is 1.46. The lowest BCUT2D eigenvalue weighted by atomic mass is 11.1. The second-order valence-corrected chi connectivity index (χ2v) is 1.60. The average molecular weight is 150 g/mol. The van der Waals surface area contributed by atoms with Gasteiger partial charge in [0, 0.05) is 0 Å². The van der Waals surface area contributed by atoms with Crippen LogP contribution in [0.15, 0.2) is 9.59 Å². The largest absolute Gasteiger partial charge is 0.330 e. The van der Waals surface area contributed by atoms with Crippen molar-refractivity contribution < 1.29 is 0 Å². The zero-order chi connectivity index (χ0) is 4.73. The first-order chi connectivity index (χ1) is 2.73. The summed E-state index contributed by atoms with van der Waals surface area (Å²) in [5.74, 6) is 0. The Hall–Kier alpha value is -0.380. The van der Waals surface area contributed by atoms with Crippen molar-refractivity contribution in [3.05, 3.63) is 20.7 Å². The molecule has 0 aliphatic heterocycles. The quantitative estimate of drug-likeness (QED) is 0.456. The SMILES string of the molecule is O=c1c(=O)n1Br. The fourth-order valence-electron chi connectivity index (χ4n) is 0.118. The molecule has 1 rings (SSSR count). The van der Waals surface area contributed by atoms with E-state index >= 15 is 0 Å². The van der Waals surface area contributed by atoms with E-state index in [1.54, 1.807) is 0 Å². The average Bonchev–Trinajstić information content (AvgIpc) is 1.94. The molecule has 0 unspecified atom stereocenters. The summed E-state index contributed by atoms with van der Waals surface area (Å²) in [6.07, 6.45) is 0. The van der Waals surface area contributed by atoms with Crippen LogP contribution in [0, 0.1) is 0 Å². The van der Waals surface area contributed by atoms with Crippen LogP contribution in [0.3, 0.4) is 0 Å². The molecule has 0 aromatic carbocycles. The number of aromatic nitrogens is 1. The Morgan fingerprint density at radius 2 is 1.50 bits per heavy atom. The van der Waals surface area contributed by atoms with Gasteiger partial charge in [0.05, 0.1) is 16.1 Å². The highest BCUT2D eigenvalue weighted by Crippen LogP contribution is 1.74. The fraction of sp³-hybridized carbons (Fsp3) is 0. The normalized spacial score (nSPS) is 10.2. The lowest BCUT2D eigenvalue weighted by Gasteiger charge is -1.46. The van der Waals surface area contributed by atoms with Crippen LogP contribution < -0.4 is 11.1 Å². The highest BCUT2D eigenvalue weighted by atomic mass is 79.9. The van der Waals surface area contributed by atoms with E-state index in [9.17, 15) is 9.59 Å². The minimum Gasteiger partial charge on any atom is -0.262 e. The summed E-state index contributed by atoms with van der Waals surface area (Å²) in [5.41, 5.74) is -0.926. The molecule has 0 saturated carbocycles. The first-order valence-electron chi connectivity index (χ1n) is 1.27. The van der Waals surface area contributed by atoms with Crippen LogP contribution in [0.5, 0.6) is 0 Å². The van der Waals surface area contributed by atoms with Gasteiger partial charge in [0.25, 0.3) is 0 Å². The summed E-state index contributed by atoms with van der Waals surface area (Å²) in [6.45, 7) is 0. The van der Waals surface area contributed by atoms with Crippen molar-refractivity contribution in [1.29, 1.82) is 0 Å². The van der Waals surface area contributed by atoms with E-state index in [-0.39, 0.29) is 0 Å². The monoisotopic (exact) mass is 149 g/mol. The van der Waals surface area contributed by atoms with E-state index in [0.717, 1.165) is 3.59 Å². The molecule has 4 heteroatoms. The van der Waals surface area contributed by atoms with E-state index in [1.807, 2.05) is 0 Å². The van der Waals surface area contributed by atoms with Gasteiger partial charge in [-0.3, -0.25) is 9.59 Å². The Balaban J connectivity index is 3.48. The van der Waals surface area contributed by atoms with Gasteiger partial charge in [0.1, 0.15) is 0 Å². The fourth-order valence-corrected chi connectivity index (χ4v) is 0.342. The highest BCUT2D eigenvalue weighted by Gasteiger charge is 2.10. The van der Waals surface area contributed by atoms with Gasteiger partial charge in [-0.2, -0.15) is 3.59 Å². The van der Waals surface area contributed by atoms with Crippen LogP contribution in [0.2, 0.25) is 0 Å². The van der Waals surface area contributed by atoms with Crippen molar-refractivity contribution in [1.82, 2.24) is 3.59 Å². The molecule has 1 heterocycles. The molecule has 3 nitrogen and oxygen atoms in total. The number of rotatable bonds is 0. The van der Waals surface area contributed by atoms with Gasteiger partial charge in [0.15, 0.2) is 0 Å². The minimum absolute atomic E-state index is 0.463. The van der Waals surface area contributed by atoms with Gasteiger partial charge in [-0.25, -0.2) is 0 Å². The van der Waals surface area contributed by atoms with Gasteiger partial charge in [-0.05, 0) is 0 Å². The number of hydrogen-bond acceptors (Lipinski definition) is 2. The molecule has 0 spiro atoms. The van der Waals surface area contributed by atoms with Crippen molar-refractivity contribution >= 4 is 16.1 Å². The van der Waals surface area contributed by atoms with Crippen LogP contribution >= 0.6 is 16.1 Å². The van der Waals surface area contributed by atoms with Crippen molar-refractivity contribution in [2.45, 2.75) is 0 Å². The van der Waals surface area contributed by atoms with Crippen molar-refractivity contribution in [2.24, 2.45) is 0 Å². The maximum atomic E-state index is 9.75. The lowest BCUT2D eigenvalue weighted by Crippen LogP contribution is -1.88. The maximum absolute atomic E-state index is 9.75. The molecule has 32 valence electrons. The molecular weight excluding hydrogens is 150 g/mol. The van der Waals surface area contributed by atoms with Gasteiger partial charge in [-0.1, -0.05) is 0 Å². The zero-order valence-corrected chi connectivity index (χ0v) is 4.23. The van der Waals surface area contributed by atoms with Crippen molar-refractivity contribution in [3.63, 3.8) is 0 Å². The molecule has 0 N–H and O–H groups in total. The Kier molecular flexibility index (Phi) is 0.516. The van der Waals surface area contributed by atoms with Crippen LogP contribution in [-0.4, -0.2) is 3.59 Å². The predicted molar refractivity (Wildman–Crippen MR) is 23.7 cm³/mol. The van der Waals surface area contributed by atoms with Crippen LogP contribution in [0.1, 0.15) is 0 Å². The number of halogens is 1. The Morgan fingerprint density at radius 1 is 1.33 bits per heavy atom. The highest BCUT2D eigenvalue weighted by molar-refractivity contribution is 9.08. The molecule has 6 heavy (non-hydrogen) atoms. The van der Waals surface area contributed by atoms with E-state index in [0.29, 0.717) is 0 Å². The third kappa shape index (κ3) is 0.269. The maximum Gasteiger partial charge on any atom is 0.330 e. The Bertz CT molecular complexity index is 193.